The Morgan fingerprint density at radius 2 is 1.63 bits per heavy atom. The summed E-state index contributed by atoms with van der Waals surface area (Å²) >= 11 is 0. The van der Waals surface area contributed by atoms with Crippen molar-refractivity contribution in [3.63, 3.8) is 0 Å². The van der Waals surface area contributed by atoms with Gasteiger partial charge in [-0.3, -0.25) is 9.59 Å². The molecule has 1 heterocycles. The summed E-state index contributed by atoms with van der Waals surface area (Å²) in [5, 5.41) is 7.02. The molecule has 0 aliphatic carbocycles. The van der Waals surface area contributed by atoms with Gasteiger partial charge in [0.25, 0.3) is 11.5 Å². The molecule has 3 rings (SSSR count). The largest absolute Gasteiger partial charge is 0.372 e. The van der Waals surface area contributed by atoms with Crippen LogP contribution in [0.4, 0.5) is 11.4 Å². The highest BCUT2D eigenvalue weighted by molar-refractivity contribution is 6.02. The second kappa shape index (κ2) is 8.31. The number of nitrogens with one attached hydrogen (secondary N) is 1. The number of hydrogen-bond donors (Lipinski definition) is 1. The first-order chi connectivity index (χ1) is 13.1. The number of hydrogen-bond acceptors (Lipinski definition) is 4. The summed E-state index contributed by atoms with van der Waals surface area (Å²) in [6.07, 6.45) is 0. The van der Waals surface area contributed by atoms with E-state index in [-0.39, 0.29) is 17.2 Å². The summed E-state index contributed by atoms with van der Waals surface area (Å²) < 4.78 is 1.22. The first-order valence-electron chi connectivity index (χ1n) is 8.94. The van der Waals surface area contributed by atoms with Crippen molar-refractivity contribution in [1.29, 1.82) is 0 Å². The number of rotatable bonds is 6. The number of carbonyl (C=O) groups excluding carboxylic acids is 1. The number of nitrogens with zero attached hydrogens (tertiary/aromatic N) is 3. The quantitative estimate of drug-likeness (QED) is 0.730. The number of benzene rings is 2. The molecular weight excluding hydrogens is 340 g/mol. The molecular formula is C21H22N4O2. The Morgan fingerprint density at radius 3 is 2.26 bits per heavy atom. The normalized spacial score (nSPS) is 10.4. The lowest BCUT2D eigenvalue weighted by atomic mass is 10.2. The molecule has 0 aliphatic heterocycles. The van der Waals surface area contributed by atoms with Gasteiger partial charge in [-0.25, -0.2) is 0 Å². The molecule has 0 bridgehead atoms. The van der Waals surface area contributed by atoms with Gasteiger partial charge in [-0.2, -0.15) is 9.78 Å². The predicted octanol–water partition coefficient (Wildman–Crippen LogP) is 3.33. The lowest BCUT2D eigenvalue weighted by Gasteiger charge is -2.21. The van der Waals surface area contributed by atoms with E-state index < -0.39 is 0 Å². The fourth-order valence-electron chi connectivity index (χ4n) is 2.83. The molecule has 0 aliphatic rings. The van der Waals surface area contributed by atoms with Gasteiger partial charge in [0, 0.05) is 30.5 Å². The first-order valence-corrected chi connectivity index (χ1v) is 8.94. The van der Waals surface area contributed by atoms with E-state index in [0.717, 1.165) is 18.8 Å². The molecule has 0 unspecified atom stereocenters. The molecule has 1 amide bonds. The Labute approximate surface area is 158 Å². The minimum atomic E-state index is -0.365. The van der Waals surface area contributed by atoms with Crippen LogP contribution in [0.15, 0.2) is 71.5 Å². The van der Waals surface area contributed by atoms with E-state index in [9.17, 15) is 9.59 Å². The molecule has 0 saturated heterocycles. The number of carbonyl (C=O) groups is 1. The van der Waals surface area contributed by atoms with Crippen LogP contribution < -0.4 is 15.8 Å². The summed E-state index contributed by atoms with van der Waals surface area (Å²) in [7, 11) is 0. The predicted molar refractivity (Wildman–Crippen MR) is 108 cm³/mol. The third-order valence-corrected chi connectivity index (χ3v) is 4.29. The third kappa shape index (κ3) is 4.23. The maximum atomic E-state index is 12.5. The Balaban J connectivity index is 1.80. The standard InChI is InChI=1S/C21H22N4O2/c1-3-24(4-2)17-12-10-16(11-13-17)22-21(27)19-14-15-20(26)25(23-19)18-8-6-5-7-9-18/h5-15H,3-4H2,1-2H3,(H,22,27). The minimum Gasteiger partial charge on any atom is -0.372 e. The fourth-order valence-corrected chi connectivity index (χ4v) is 2.83. The average Bonchev–Trinajstić information content (AvgIpc) is 2.71. The third-order valence-electron chi connectivity index (χ3n) is 4.29. The van der Waals surface area contributed by atoms with Crippen LogP contribution in [0.3, 0.4) is 0 Å². The van der Waals surface area contributed by atoms with Gasteiger partial charge < -0.3 is 10.2 Å². The average molecular weight is 362 g/mol. The van der Waals surface area contributed by atoms with E-state index in [2.05, 4.69) is 29.2 Å². The van der Waals surface area contributed by atoms with Crippen molar-refractivity contribution in [1.82, 2.24) is 9.78 Å². The van der Waals surface area contributed by atoms with Crippen molar-refractivity contribution < 1.29 is 4.79 Å². The topological polar surface area (TPSA) is 67.2 Å². The van der Waals surface area contributed by atoms with Gasteiger partial charge in [0.2, 0.25) is 0 Å². The van der Waals surface area contributed by atoms with Crippen molar-refractivity contribution >= 4 is 17.3 Å². The van der Waals surface area contributed by atoms with Crippen LogP contribution in [-0.2, 0) is 0 Å². The zero-order valence-corrected chi connectivity index (χ0v) is 15.4. The molecule has 1 N–H and O–H groups in total. The number of para-hydroxylation sites is 1. The molecule has 0 atom stereocenters. The highest BCUT2D eigenvalue weighted by Gasteiger charge is 2.11. The Kier molecular flexibility index (Phi) is 5.66. The van der Waals surface area contributed by atoms with E-state index in [0.29, 0.717) is 11.4 Å². The molecule has 27 heavy (non-hydrogen) atoms. The monoisotopic (exact) mass is 362 g/mol. The summed E-state index contributed by atoms with van der Waals surface area (Å²) in [6, 6.07) is 19.5. The molecule has 0 radical (unpaired) electrons. The first kappa shape index (κ1) is 18.4. The van der Waals surface area contributed by atoms with Crippen molar-refractivity contribution in [2.45, 2.75) is 13.8 Å². The summed E-state index contributed by atoms with van der Waals surface area (Å²) in [5.41, 5.74) is 2.28. The van der Waals surface area contributed by atoms with Gasteiger partial charge in [-0.05, 0) is 56.3 Å². The van der Waals surface area contributed by atoms with Crippen LogP contribution in [0, 0.1) is 0 Å². The van der Waals surface area contributed by atoms with Gasteiger partial charge in [-0.15, -0.1) is 0 Å². The van der Waals surface area contributed by atoms with Crippen LogP contribution in [0.5, 0.6) is 0 Å². The molecule has 2 aromatic carbocycles. The van der Waals surface area contributed by atoms with E-state index >= 15 is 0 Å². The molecule has 1 aromatic heterocycles. The second-order valence-corrected chi connectivity index (χ2v) is 5.98. The number of aromatic nitrogens is 2. The van der Waals surface area contributed by atoms with Crippen LogP contribution in [0.25, 0.3) is 5.69 Å². The van der Waals surface area contributed by atoms with Gasteiger partial charge in [-0.1, -0.05) is 18.2 Å². The summed E-state index contributed by atoms with van der Waals surface area (Å²) in [4.78, 5) is 26.8. The molecule has 6 heteroatoms. The minimum absolute atomic E-state index is 0.172. The fraction of sp³-hybridized carbons (Fsp3) is 0.190. The lowest BCUT2D eigenvalue weighted by Crippen LogP contribution is -2.25. The van der Waals surface area contributed by atoms with Gasteiger partial charge in [0.05, 0.1) is 5.69 Å². The Bertz CT molecular complexity index is 961. The Morgan fingerprint density at radius 1 is 0.963 bits per heavy atom. The highest BCUT2D eigenvalue weighted by atomic mass is 16.2. The van der Waals surface area contributed by atoms with Crippen molar-refractivity contribution in [2.75, 3.05) is 23.3 Å². The number of anilines is 2. The van der Waals surface area contributed by atoms with Crippen molar-refractivity contribution in [3.8, 4) is 5.69 Å². The SMILES string of the molecule is CCN(CC)c1ccc(NC(=O)c2ccc(=O)n(-c3ccccc3)n2)cc1. The van der Waals surface area contributed by atoms with Crippen molar-refractivity contribution in [2.24, 2.45) is 0 Å². The lowest BCUT2D eigenvalue weighted by molar-refractivity contribution is 0.102. The molecule has 0 spiro atoms. The zero-order chi connectivity index (χ0) is 19.2. The number of amides is 1. The van der Waals surface area contributed by atoms with E-state index in [1.807, 2.05) is 42.5 Å². The molecule has 0 fully saturated rings. The van der Waals surface area contributed by atoms with E-state index in [1.54, 1.807) is 12.1 Å². The van der Waals surface area contributed by atoms with E-state index in [4.69, 9.17) is 0 Å². The van der Waals surface area contributed by atoms with Crippen LogP contribution in [0.1, 0.15) is 24.3 Å². The maximum absolute atomic E-state index is 12.5. The molecule has 6 nitrogen and oxygen atoms in total. The second-order valence-electron chi connectivity index (χ2n) is 5.98. The van der Waals surface area contributed by atoms with Gasteiger partial charge >= 0.3 is 0 Å². The zero-order valence-electron chi connectivity index (χ0n) is 15.4. The highest BCUT2D eigenvalue weighted by Crippen LogP contribution is 2.18. The Hall–Kier alpha value is -3.41. The smallest absolute Gasteiger partial charge is 0.276 e. The van der Waals surface area contributed by atoms with Crippen molar-refractivity contribution in [3.05, 3.63) is 82.8 Å². The summed E-state index contributed by atoms with van der Waals surface area (Å²) in [6.45, 7) is 6.05. The maximum Gasteiger partial charge on any atom is 0.276 e. The van der Waals surface area contributed by atoms with Crippen LogP contribution >= 0.6 is 0 Å². The van der Waals surface area contributed by atoms with Gasteiger partial charge in [0.1, 0.15) is 5.69 Å². The van der Waals surface area contributed by atoms with Gasteiger partial charge in [0.15, 0.2) is 0 Å². The van der Waals surface area contributed by atoms with Crippen LogP contribution in [-0.4, -0.2) is 28.8 Å². The molecule has 0 saturated carbocycles. The summed E-state index contributed by atoms with van der Waals surface area (Å²) in [5.74, 6) is -0.365. The molecule has 3 aromatic rings. The molecule has 138 valence electrons. The van der Waals surface area contributed by atoms with E-state index in [1.165, 1.54) is 16.8 Å². The van der Waals surface area contributed by atoms with Crippen LogP contribution in [0.2, 0.25) is 0 Å².